The van der Waals surface area contributed by atoms with Crippen LogP contribution in [0.25, 0.3) is 11.0 Å². The van der Waals surface area contributed by atoms with Gasteiger partial charge in [0.1, 0.15) is 0 Å². The highest BCUT2D eigenvalue weighted by Gasteiger charge is 2.19. The van der Waals surface area contributed by atoms with Crippen LogP contribution in [0.3, 0.4) is 0 Å². The van der Waals surface area contributed by atoms with E-state index in [1.165, 1.54) is 0 Å². The molecule has 0 aliphatic carbocycles. The Hall–Kier alpha value is -1.44. The molecule has 2 aromatic carbocycles. The zero-order valence-electron chi connectivity index (χ0n) is 10.1. The molecule has 0 aliphatic rings. The third-order valence-corrected chi connectivity index (χ3v) is 5.49. The lowest BCUT2D eigenvalue weighted by Gasteiger charge is -2.05. The quantitative estimate of drug-likeness (QED) is 0.675. The van der Waals surface area contributed by atoms with Crippen molar-refractivity contribution in [3.05, 3.63) is 51.7 Å². The van der Waals surface area contributed by atoms with E-state index in [-0.39, 0.29) is 9.79 Å². The van der Waals surface area contributed by atoms with Crippen molar-refractivity contribution in [1.82, 2.24) is 9.97 Å². The normalized spacial score (nSPS) is 11.8. The second kappa shape index (κ2) is 4.83. The number of imidazole rings is 1. The summed E-state index contributed by atoms with van der Waals surface area (Å²) in [6, 6.07) is 11.5. The van der Waals surface area contributed by atoms with Crippen LogP contribution in [0.5, 0.6) is 0 Å². The van der Waals surface area contributed by atoms with E-state index in [1.54, 1.807) is 42.5 Å². The number of H-pyrrole nitrogens is 2. The summed E-state index contributed by atoms with van der Waals surface area (Å²) >= 11 is 8.39. The Balaban J connectivity index is 2.27. The molecular weight excluding hydrogens is 360 g/mol. The summed E-state index contributed by atoms with van der Waals surface area (Å²) in [6.07, 6.45) is 0. The van der Waals surface area contributed by atoms with E-state index in [4.69, 9.17) is 12.2 Å². The summed E-state index contributed by atoms with van der Waals surface area (Å²) in [5.74, 6) is 0. The van der Waals surface area contributed by atoms with E-state index < -0.39 is 9.84 Å². The largest absolute Gasteiger partial charge is 0.331 e. The Morgan fingerprint density at radius 1 is 1.00 bits per heavy atom. The van der Waals surface area contributed by atoms with Crippen molar-refractivity contribution in [3.8, 4) is 0 Å². The Morgan fingerprint density at radius 2 is 1.70 bits per heavy atom. The highest BCUT2D eigenvalue weighted by Crippen LogP contribution is 2.29. The average Bonchev–Trinajstić information content (AvgIpc) is 2.81. The van der Waals surface area contributed by atoms with Crippen LogP contribution in [0.15, 0.2) is 56.7 Å². The molecular formula is C13H9BrN2O2S2. The van der Waals surface area contributed by atoms with Crippen molar-refractivity contribution in [2.45, 2.75) is 9.79 Å². The van der Waals surface area contributed by atoms with Crippen LogP contribution in [-0.2, 0) is 9.84 Å². The first-order valence-electron chi connectivity index (χ1n) is 5.70. The lowest BCUT2D eigenvalue weighted by molar-refractivity contribution is 0.596. The monoisotopic (exact) mass is 368 g/mol. The van der Waals surface area contributed by atoms with Crippen LogP contribution in [0.2, 0.25) is 0 Å². The van der Waals surface area contributed by atoms with Gasteiger partial charge in [0.05, 0.1) is 20.8 Å². The Kier molecular flexibility index (Phi) is 3.27. The second-order valence-electron chi connectivity index (χ2n) is 4.22. The van der Waals surface area contributed by atoms with Crippen LogP contribution >= 0.6 is 28.1 Å². The highest BCUT2D eigenvalue weighted by molar-refractivity contribution is 9.10. The van der Waals surface area contributed by atoms with E-state index in [1.807, 2.05) is 0 Å². The number of nitrogens with one attached hydrogen (secondary N) is 2. The van der Waals surface area contributed by atoms with Gasteiger partial charge in [0.25, 0.3) is 0 Å². The molecule has 0 bridgehead atoms. The molecule has 0 atom stereocenters. The van der Waals surface area contributed by atoms with Gasteiger partial charge in [-0.15, -0.1) is 0 Å². The molecule has 0 aliphatic heterocycles. The molecule has 0 fully saturated rings. The van der Waals surface area contributed by atoms with Crippen LogP contribution in [-0.4, -0.2) is 18.4 Å². The predicted octanol–water partition coefficient (Wildman–Crippen LogP) is 3.82. The summed E-state index contributed by atoms with van der Waals surface area (Å²) < 4.78 is 26.2. The molecule has 0 saturated carbocycles. The molecule has 0 unspecified atom stereocenters. The van der Waals surface area contributed by atoms with Crippen molar-refractivity contribution in [2.75, 3.05) is 0 Å². The van der Waals surface area contributed by atoms with Gasteiger partial charge in [-0.2, -0.15) is 0 Å². The van der Waals surface area contributed by atoms with Crippen LogP contribution in [0, 0.1) is 4.77 Å². The zero-order chi connectivity index (χ0) is 14.3. The molecule has 1 heterocycles. The molecule has 7 heteroatoms. The Bertz CT molecular complexity index is 943. The average molecular weight is 369 g/mol. The molecule has 2 N–H and O–H groups in total. The number of hydrogen-bond acceptors (Lipinski definition) is 3. The third-order valence-electron chi connectivity index (χ3n) is 2.91. The maximum Gasteiger partial charge on any atom is 0.206 e. The molecule has 3 rings (SSSR count). The number of halogens is 1. The van der Waals surface area contributed by atoms with Gasteiger partial charge in [-0.3, -0.25) is 0 Å². The van der Waals surface area contributed by atoms with E-state index in [0.29, 0.717) is 14.8 Å². The minimum absolute atomic E-state index is 0.216. The van der Waals surface area contributed by atoms with Gasteiger partial charge >= 0.3 is 0 Å². The minimum Gasteiger partial charge on any atom is -0.331 e. The maximum atomic E-state index is 12.6. The highest BCUT2D eigenvalue weighted by atomic mass is 79.9. The fourth-order valence-electron chi connectivity index (χ4n) is 1.97. The first-order valence-corrected chi connectivity index (χ1v) is 8.38. The first-order chi connectivity index (χ1) is 9.48. The number of aromatic amines is 2. The number of aromatic nitrogens is 2. The van der Waals surface area contributed by atoms with Gasteiger partial charge in [-0.25, -0.2) is 8.42 Å². The summed E-state index contributed by atoms with van der Waals surface area (Å²) in [5.41, 5.74) is 1.40. The molecule has 0 amide bonds. The van der Waals surface area contributed by atoms with E-state index in [9.17, 15) is 8.42 Å². The molecule has 102 valence electrons. The molecule has 3 aromatic rings. The smallest absolute Gasteiger partial charge is 0.206 e. The van der Waals surface area contributed by atoms with Crippen LogP contribution in [0.4, 0.5) is 0 Å². The van der Waals surface area contributed by atoms with E-state index in [0.717, 1.165) is 5.52 Å². The van der Waals surface area contributed by atoms with E-state index in [2.05, 4.69) is 25.9 Å². The zero-order valence-corrected chi connectivity index (χ0v) is 13.3. The molecule has 1 aromatic heterocycles. The van der Waals surface area contributed by atoms with Crippen LogP contribution in [0.1, 0.15) is 0 Å². The fraction of sp³-hybridized carbons (Fsp3) is 0. The first kappa shape index (κ1) is 13.5. The van der Waals surface area contributed by atoms with Gasteiger partial charge in [0.15, 0.2) is 4.77 Å². The van der Waals surface area contributed by atoms with E-state index >= 15 is 0 Å². The number of fused-ring (bicyclic) bond motifs is 1. The molecule has 0 saturated heterocycles. The number of benzene rings is 2. The molecule has 0 spiro atoms. The second-order valence-corrected chi connectivity index (χ2v) is 7.44. The summed E-state index contributed by atoms with van der Waals surface area (Å²) in [6.45, 7) is 0. The van der Waals surface area contributed by atoms with Gasteiger partial charge in [0, 0.05) is 4.47 Å². The fourth-order valence-corrected chi connectivity index (χ4v) is 4.22. The maximum absolute atomic E-state index is 12.6. The lowest BCUT2D eigenvalue weighted by Crippen LogP contribution is -2.01. The lowest BCUT2D eigenvalue weighted by atomic mass is 10.3. The Labute approximate surface area is 128 Å². The van der Waals surface area contributed by atoms with Crippen molar-refractivity contribution in [1.29, 1.82) is 0 Å². The molecule has 20 heavy (non-hydrogen) atoms. The van der Waals surface area contributed by atoms with Crippen molar-refractivity contribution >= 4 is 49.0 Å². The molecule has 0 radical (unpaired) electrons. The van der Waals surface area contributed by atoms with Crippen LogP contribution < -0.4 is 0 Å². The van der Waals surface area contributed by atoms with Gasteiger partial charge in [0.2, 0.25) is 9.84 Å². The summed E-state index contributed by atoms with van der Waals surface area (Å²) in [5, 5.41) is 0. The summed E-state index contributed by atoms with van der Waals surface area (Å²) in [4.78, 5) is 6.37. The Morgan fingerprint density at radius 3 is 2.40 bits per heavy atom. The minimum atomic E-state index is -3.54. The predicted molar refractivity (Wildman–Crippen MR) is 83.1 cm³/mol. The topological polar surface area (TPSA) is 65.7 Å². The van der Waals surface area contributed by atoms with Crippen molar-refractivity contribution < 1.29 is 8.42 Å². The SMILES string of the molecule is O=S(=O)(c1ccccc1)c1cc(Br)c2[nH]c(=S)[nH]c2c1. The van der Waals surface area contributed by atoms with Crippen molar-refractivity contribution in [3.63, 3.8) is 0 Å². The molecule has 4 nitrogen and oxygen atoms in total. The van der Waals surface area contributed by atoms with Crippen molar-refractivity contribution in [2.24, 2.45) is 0 Å². The third kappa shape index (κ3) is 2.21. The number of hydrogen-bond donors (Lipinski definition) is 2. The number of sulfone groups is 1. The van der Waals surface area contributed by atoms with Gasteiger partial charge in [-0.05, 0) is 52.4 Å². The van der Waals surface area contributed by atoms with Gasteiger partial charge in [-0.1, -0.05) is 18.2 Å². The standard InChI is InChI=1S/C13H9BrN2O2S2/c14-10-6-9(7-11-12(10)16-13(19)15-11)20(17,18)8-4-2-1-3-5-8/h1-7H,(H2,15,16,19). The van der Waals surface area contributed by atoms with Gasteiger partial charge < -0.3 is 9.97 Å². The number of rotatable bonds is 2. The summed E-state index contributed by atoms with van der Waals surface area (Å²) in [7, 11) is -3.54.